The molecule has 0 heterocycles. The molecule has 0 unspecified atom stereocenters. The van der Waals surface area contributed by atoms with Crippen molar-refractivity contribution in [3.8, 4) is 0 Å². The van der Waals surface area contributed by atoms with Gasteiger partial charge in [0.25, 0.3) is 0 Å². The average molecular weight is 214 g/mol. The Kier molecular flexibility index (Phi) is 6.88. The van der Waals surface area contributed by atoms with Gasteiger partial charge in [-0.25, -0.2) is 0 Å². The summed E-state index contributed by atoms with van der Waals surface area (Å²) in [5.74, 6) is -0.841. The second-order valence-electron chi connectivity index (χ2n) is 2.78. The first-order valence-corrected chi connectivity index (χ1v) is 4.46. The predicted molar refractivity (Wildman–Crippen MR) is 52.0 cm³/mol. The number of hydrogen-bond acceptors (Lipinski definition) is 5. The lowest BCUT2D eigenvalue weighted by Gasteiger charge is -2.11. The average Bonchev–Trinajstić information content (AvgIpc) is 2.20. The summed E-state index contributed by atoms with van der Waals surface area (Å²) in [6.45, 7) is 1.26. The fraction of sp³-hybridized carbons (Fsp3) is 0.500. The van der Waals surface area contributed by atoms with Crippen LogP contribution in [0.3, 0.4) is 0 Å². The Morgan fingerprint density at radius 2 is 2.07 bits per heavy atom. The van der Waals surface area contributed by atoms with Crippen LogP contribution in [-0.4, -0.2) is 31.4 Å². The first-order chi connectivity index (χ1) is 7.10. The molecule has 5 nitrogen and oxygen atoms in total. The first-order valence-electron chi connectivity index (χ1n) is 4.46. The van der Waals surface area contributed by atoms with E-state index in [1.54, 1.807) is 0 Å². The van der Waals surface area contributed by atoms with Crippen LogP contribution < -0.4 is 0 Å². The van der Waals surface area contributed by atoms with Gasteiger partial charge in [0.15, 0.2) is 0 Å². The fourth-order valence-corrected chi connectivity index (χ4v) is 0.939. The van der Waals surface area contributed by atoms with Gasteiger partial charge in [-0.05, 0) is 18.6 Å². The molecule has 0 aromatic carbocycles. The Balaban J connectivity index is 4.11. The van der Waals surface area contributed by atoms with E-state index in [0.717, 1.165) is 0 Å². The minimum Gasteiger partial charge on any atom is -0.469 e. The van der Waals surface area contributed by atoms with E-state index >= 15 is 0 Å². The van der Waals surface area contributed by atoms with Crippen molar-refractivity contribution in [2.45, 2.75) is 25.9 Å². The number of rotatable bonds is 6. The zero-order valence-corrected chi connectivity index (χ0v) is 8.76. The lowest BCUT2D eigenvalue weighted by molar-refractivity contribution is -0.147. The maximum Gasteiger partial charge on any atom is 0.305 e. The molecule has 0 aliphatic heterocycles. The number of methoxy groups -OCH3 is 1. The molecule has 0 N–H and O–H groups in total. The number of carbonyl (C=O) groups is 3. The van der Waals surface area contributed by atoms with E-state index in [9.17, 15) is 14.4 Å². The van der Waals surface area contributed by atoms with E-state index in [1.807, 2.05) is 0 Å². The topological polar surface area (TPSA) is 69.7 Å². The van der Waals surface area contributed by atoms with Crippen molar-refractivity contribution in [2.24, 2.45) is 0 Å². The monoisotopic (exact) mass is 214 g/mol. The third-order valence-corrected chi connectivity index (χ3v) is 1.58. The lowest BCUT2D eigenvalue weighted by atomic mass is 10.2. The first kappa shape index (κ1) is 13.4. The molecular weight excluding hydrogens is 200 g/mol. The van der Waals surface area contributed by atoms with Crippen molar-refractivity contribution in [1.29, 1.82) is 0 Å². The van der Waals surface area contributed by atoms with E-state index in [1.165, 1.54) is 26.2 Å². The molecule has 0 bridgehead atoms. The summed E-state index contributed by atoms with van der Waals surface area (Å²) in [6.07, 6.45) is 3.11. The van der Waals surface area contributed by atoms with E-state index in [-0.39, 0.29) is 12.4 Å². The Labute approximate surface area is 88.0 Å². The van der Waals surface area contributed by atoms with Crippen molar-refractivity contribution in [1.82, 2.24) is 0 Å². The molecular formula is C10H14O5. The normalized spacial score (nSPS) is 12.1. The van der Waals surface area contributed by atoms with Crippen molar-refractivity contribution in [2.75, 3.05) is 7.11 Å². The van der Waals surface area contributed by atoms with Crippen LogP contribution in [0.4, 0.5) is 0 Å². The van der Waals surface area contributed by atoms with Crippen LogP contribution in [0.2, 0.25) is 0 Å². The molecule has 0 aromatic heterocycles. The molecule has 5 heteroatoms. The predicted octanol–water partition coefficient (Wildman–Crippen LogP) is 0.626. The second kappa shape index (κ2) is 7.73. The summed E-state index contributed by atoms with van der Waals surface area (Å²) in [5, 5.41) is 0. The number of allylic oxidation sites excluding steroid dienone is 1. The van der Waals surface area contributed by atoms with Crippen LogP contribution in [0.5, 0.6) is 0 Å². The van der Waals surface area contributed by atoms with Gasteiger partial charge in [0.2, 0.25) is 0 Å². The highest BCUT2D eigenvalue weighted by molar-refractivity contribution is 5.70. The van der Waals surface area contributed by atoms with Gasteiger partial charge < -0.3 is 9.47 Å². The summed E-state index contributed by atoms with van der Waals surface area (Å²) in [4.78, 5) is 31.6. The maximum absolute atomic E-state index is 10.8. The number of hydrogen-bond donors (Lipinski definition) is 0. The number of carbonyl (C=O) groups excluding carboxylic acids is 3. The van der Waals surface area contributed by atoms with Crippen molar-refractivity contribution in [3.05, 3.63) is 12.2 Å². The summed E-state index contributed by atoms with van der Waals surface area (Å²) in [6, 6.07) is 0. The standard InChI is InChI=1S/C10H14O5/c1-8(12)15-9(4-3-7-11)5-6-10(13)14-2/h3-4,7,9H,5-6H2,1-2H3/b4-3+/t9-/m0/s1. The van der Waals surface area contributed by atoms with Gasteiger partial charge in [-0.1, -0.05) is 0 Å². The zero-order chi connectivity index (χ0) is 11.7. The molecule has 0 fully saturated rings. The molecule has 0 aromatic rings. The molecule has 0 rings (SSSR count). The molecule has 15 heavy (non-hydrogen) atoms. The van der Waals surface area contributed by atoms with E-state index in [4.69, 9.17) is 4.74 Å². The summed E-state index contributed by atoms with van der Waals surface area (Å²) >= 11 is 0. The number of ether oxygens (including phenoxy) is 2. The van der Waals surface area contributed by atoms with Crippen LogP contribution in [0.25, 0.3) is 0 Å². The quantitative estimate of drug-likeness (QED) is 0.368. The highest BCUT2D eigenvalue weighted by Crippen LogP contribution is 2.05. The number of aldehydes is 1. The Morgan fingerprint density at radius 3 is 2.53 bits per heavy atom. The van der Waals surface area contributed by atoms with Crippen LogP contribution in [-0.2, 0) is 23.9 Å². The smallest absolute Gasteiger partial charge is 0.305 e. The van der Waals surface area contributed by atoms with Crippen LogP contribution in [0, 0.1) is 0 Å². The molecule has 0 aliphatic carbocycles. The molecule has 0 radical (unpaired) electrons. The third-order valence-electron chi connectivity index (χ3n) is 1.58. The molecule has 0 spiro atoms. The van der Waals surface area contributed by atoms with Crippen molar-refractivity contribution < 1.29 is 23.9 Å². The minimum absolute atomic E-state index is 0.137. The molecule has 0 aliphatic rings. The molecule has 1 atom stereocenters. The van der Waals surface area contributed by atoms with E-state index in [2.05, 4.69) is 4.74 Å². The van der Waals surface area contributed by atoms with Crippen molar-refractivity contribution >= 4 is 18.2 Å². The van der Waals surface area contributed by atoms with Gasteiger partial charge in [0.05, 0.1) is 7.11 Å². The largest absolute Gasteiger partial charge is 0.469 e. The van der Waals surface area contributed by atoms with Gasteiger partial charge in [-0.3, -0.25) is 14.4 Å². The Hall–Kier alpha value is -1.65. The molecule has 84 valence electrons. The SMILES string of the molecule is COC(=O)CC[C@H](/C=C/C=O)OC(C)=O. The van der Waals surface area contributed by atoms with Crippen LogP contribution >= 0.6 is 0 Å². The van der Waals surface area contributed by atoms with E-state index in [0.29, 0.717) is 12.7 Å². The van der Waals surface area contributed by atoms with Gasteiger partial charge in [-0.2, -0.15) is 0 Å². The van der Waals surface area contributed by atoms with Crippen LogP contribution in [0.1, 0.15) is 19.8 Å². The highest BCUT2D eigenvalue weighted by Gasteiger charge is 2.11. The lowest BCUT2D eigenvalue weighted by Crippen LogP contribution is -2.15. The van der Waals surface area contributed by atoms with Crippen LogP contribution in [0.15, 0.2) is 12.2 Å². The Bertz CT molecular complexity index is 257. The summed E-state index contributed by atoms with van der Waals surface area (Å²) < 4.78 is 9.29. The third kappa shape index (κ3) is 7.42. The van der Waals surface area contributed by atoms with Gasteiger partial charge in [-0.15, -0.1) is 0 Å². The Morgan fingerprint density at radius 1 is 1.40 bits per heavy atom. The maximum atomic E-state index is 10.8. The second-order valence-corrected chi connectivity index (χ2v) is 2.78. The molecule has 0 saturated carbocycles. The van der Waals surface area contributed by atoms with Crippen molar-refractivity contribution in [3.63, 3.8) is 0 Å². The zero-order valence-electron chi connectivity index (χ0n) is 8.76. The van der Waals surface area contributed by atoms with Gasteiger partial charge >= 0.3 is 11.9 Å². The minimum atomic E-state index is -0.563. The van der Waals surface area contributed by atoms with E-state index < -0.39 is 12.1 Å². The summed E-state index contributed by atoms with van der Waals surface area (Å²) in [7, 11) is 1.28. The van der Waals surface area contributed by atoms with Gasteiger partial charge in [0, 0.05) is 13.3 Å². The summed E-state index contributed by atoms with van der Waals surface area (Å²) in [5.41, 5.74) is 0. The fourth-order valence-electron chi connectivity index (χ4n) is 0.939. The number of esters is 2. The highest BCUT2D eigenvalue weighted by atomic mass is 16.5. The van der Waals surface area contributed by atoms with Gasteiger partial charge in [0.1, 0.15) is 12.4 Å². The molecule has 0 saturated heterocycles. The molecule has 0 amide bonds.